The summed E-state index contributed by atoms with van der Waals surface area (Å²) in [6.45, 7) is 1.43. The van der Waals surface area contributed by atoms with E-state index in [9.17, 15) is 14.4 Å². The number of carbonyl (C=O) groups excluding carboxylic acids is 3. The number of hydrogen-bond acceptors (Lipinski definition) is 6. The summed E-state index contributed by atoms with van der Waals surface area (Å²) in [5.41, 5.74) is 1.59. The molecule has 0 aliphatic carbocycles. The average molecular weight is 566 g/mol. The van der Waals surface area contributed by atoms with Crippen molar-refractivity contribution in [1.82, 2.24) is 9.80 Å². The number of ether oxygens (including phenoxy) is 2. The second kappa shape index (κ2) is 10.8. The van der Waals surface area contributed by atoms with Gasteiger partial charge in [0.25, 0.3) is 11.1 Å². The molecule has 34 heavy (non-hydrogen) atoms. The van der Waals surface area contributed by atoms with Crippen LogP contribution in [0, 0.1) is 0 Å². The fraction of sp³-hybridized carbons (Fsp3) is 0.292. The number of methoxy groups -OCH3 is 1. The van der Waals surface area contributed by atoms with Gasteiger partial charge in [0.15, 0.2) is 11.5 Å². The SMILES string of the molecule is COc1cc(/C=C2/SC(=O)N(CC(=O)N3CCCC3)C2=O)c(Br)cc1OCc1ccc(Cl)cc1. The van der Waals surface area contributed by atoms with Gasteiger partial charge in [0.1, 0.15) is 13.2 Å². The molecule has 2 aliphatic heterocycles. The Morgan fingerprint density at radius 1 is 1.15 bits per heavy atom. The lowest BCUT2D eigenvalue weighted by Crippen LogP contribution is -2.40. The Morgan fingerprint density at radius 3 is 2.53 bits per heavy atom. The first-order chi connectivity index (χ1) is 16.4. The van der Waals surface area contributed by atoms with Crippen molar-refractivity contribution in [3.8, 4) is 11.5 Å². The minimum absolute atomic E-state index is 0.203. The summed E-state index contributed by atoms with van der Waals surface area (Å²) in [5.74, 6) is 0.320. The third kappa shape index (κ3) is 5.59. The Kier molecular flexibility index (Phi) is 7.85. The summed E-state index contributed by atoms with van der Waals surface area (Å²) < 4.78 is 12.1. The van der Waals surface area contributed by atoms with Crippen molar-refractivity contribution in [1.29, 1.82) is 0 Å². The van der Waals surface area contributed by atoms with Gasteiger partial charge in [-0.25, -0.2) is 0 Å². The van der Waals surface area contributed by atoms with Crippen molar-refractivity contribution in [2.24, 2.45) is 0 Å². The minimum atomic E-state index is -0.475. The number of amides is 3. The smallest absolute Gasteiger partial charge is 0.294 e. The third-order valence-electron chi connectivity index (χ3n) is 5.50. The van der Waals surface area contributed by atoms with Crippen LogP contribution in [0.1, 0.15) is 24.0 Å². The summed E-state index contributed by atoms with van der Waals surface area (Å²) in [6.07, 6.45) is 3.51. The van der Waals surface area contributed by atoms with Gasteiger partial charge in [-0.2, -0.15) is 0 Å². The molecule has 0 saturated carbocycles. The largest absolute Gasteiger partial charge is 0.493 e. The number of halogens is 2. The monoisotopic (exact) mass is 564 g/mol. The van der Waals surface area contributed by atoms with Crippen LogP contribution in [0.5, 0.6) is 11.5 Å². The second-order valence-electron chi connectivity index (χ2n) is 7.80. The zero-order valence-corrected chi connectivity index (χ0v) is 21.5. The van der Waals surface area contributed by atoms with E-state index >= 15 is 0 Å². The van der Waals surface area contributed by atoms with E-state index in [1.807, 2.05) is 12.1 Å². The van der Waals surface area contributed by atoms with Crippen molar-refractivity contribution in [3.63, 3.8) is 0 Å². The molecule has 0 spiro atoms. The fourth-order valence-electron chi connectivity index (χ4n) is 3.65. The molecule has 0 radical (unpaired) electrons. The van der Waals surface area contributed by atoms with Gasteiger partial charge in [-0.1, -0.05) is 39.7 Å². The number of likely N-dealkylation sites (tertiary alicyclic amines) is 1. The van der Waals surface area contributed by atoms with E-state index in [0.717, 1.165) is 35.1 Å². The molecule has 2 aromatic carbocycles. The number of carbonyl (C=O) groups is 3. The van der Waals surface area contributed by atoms with Crippen LogP contribution in [0.3, 0.4) is 0 Å². The Hall–Kier alpha value is -2.49. The maximum absolute atomic E-state index is 12.9. The van der Waals surface area contributed by atoms with Gasteiger partial charge < -0.3 is 14.4 Å². The standard InChI is InChI=1S/C24H22BrClN2O5S/c1-32-19-10-16(18(25)12-20(19)33-14-15-4-6-17(26)7-5-15)11-21-23(30)28(24(31)34-21)13-22(29)27-8-2-3-9-27/h4-7,10-12H,2-3,8-9,13-14H2,1H3/b21-11+. The molecule has 4 rings (SSSR count). The molecule has 0 N–H and O–H groups in total. The van der Waals surface area contributed by atoms with Crippen molar-refractivity contribution in [3.05, 3.63) is 61.9 Å². The Balaban J connectivity index is 1.49. The fourth-order valence-corrected chi connectivity index (χ4v) is 5.05. The summed E-state index contributed by atoms with van der Waals surface area (Å²) in [4.78, 5) is 40.6. The van der Waals surface area contributed by atoms with E-state index in [1.165, 1.54) is 7.11 Å². The Bertz CT molecular complexity index is 1150. The van der Waals surface area contributed by atoms with Gasteiger partial charge in [0.05, 0.1) is 12.0 Å². The van der Waals surface area contributed by atoms with Gasteiger partial charge >= 0.3 is 0 Å². The molecular weight excluding hydrogens is 544 g/mol. The Labute approximate surface area is 215 Å². The predicted octanol–water partition coefficient (Wildman–Crippen LogP) is 5.35. The maximum Gasteiger partial charge on any atom is 0.294 e. The molecule has 0 aromatic heterocycles. The van der Waals surface area contributed by atoms with Crippen molar-refractivity contribution < 1.29 is 23.9 Å². The summed E-state index contributed by atoms with van der Waals surface area (Å²) in [7, 11) is 1.53. The molecule has 0 atom stereocenters. The Morgan fingerprint density at radius 2 is 1.85 bits per heavy atom. The number of thioether (sulfide) groups is 1. The van der Waals surface area contributed by atoms with Gasteiger partial charge in [-0.3, -0.25) is 19.3 Å². The zero-order valence-electron chi connectivity index (χ0n) is 18.4. The van der Waals surface area contributed by atoms with Gasteiger partial charge in [-0.05, 0) is 66.1 Å². The molecule has 10 heteroatoms. The first-order valence-corrected chi connectivity index (χ1v) is 12.6. The first-order valence-electron chi connectivity index (χ1n) is 10.6. The van der Waals surface area contributed by atoms with Crippen molar-refractivity contribution in [2.75, 3.05) is 26.7 Å². The molecule has 7 nitrogen and oxygen atoms in total. The lowest BCUT2D eigenvalue weighted by molar-refractivity contribution is -0.135. The number of hydrogen-bond donors (Lipinski definition) is 0. The molecule has 2 saturated heterocycles. The van der Waals surface area contributed by atoms with Gasteiger partial charge in [-0.15, -0.1) is 0 Å². The molecule has 2 aromatic rings. The highest BCUT2D eigenvalue weighted by atomic mass is 79.9. The molecule has 2 aliphatic rings. The van der Waals surface area contributed by atoms with E-state index in [1.54, 1.807) is 35.2 Å². The second-order valence-corrected chi connectivity index (χ2v) is 10.1. The van der Waals surface area contributed by atoms with E-state index in [2.05, 4.69) is 15.9 Å². The van der Waals surface area contributed by atoms with E-state index < -0.39 is 11.1 Å². The lowest BCUT2D eigenvalue weighted by atomic mass is 10.1. The predicted molar refractivity (Wildman–Crippen MR) is 135 cm³/mol. The average Bonchev–Trinajstić information content (AvgIpc) is 3.45. The number of nitrogens with zero attached hydrogens (tertiary/aromatic N) is 2. The van der Waals surface area contributed by atoms with Crippen LogP contribution >= 0.6 is 39.3 Å². The summed E-state index contributed by atoms with van der Waals surface area (Å²) in [5, 5.41) is 0.202. The van der Waals surface area contributed by atoms with E-state index in [0.29, 0.717) is 46.3 Å². The summed E-state index contributed by atoms with van der Waals surface area (Å²) in [6, 6.07) is 10.8. The lowest BCUT2D eigenvalue weighted by Gasteiger charge is -2.18. The molecule has 2 fully saturated rings. The van der Waals surface area contributed by atoms with E-state index in [4.69, 9.17) is 21.1 Å². The van der Waals surface area contributed by atoms with Gasteiger partial charge in [0.2, 0.25) is 5.91 Å². The molecule has 0 bridgehead atoms. The molecule has 178 valence electrons. The number of imide groups is 1. The van der Waals surface area contributed by atoms with Crippen LogP contribution < -0.4 is 9.47 Å². The number of benzene rings is 2. The van der Waals surface area contributed by atoms with Crippen LogP contribution in [0.2, 0.25) is 5.02 Å². The van der Waals surface area contributed by atoms with Crippen LogP contribution in [0.25, 0.3) is 6.08 Å². The van der Waals surface area contributed by atoms with Crippen molar-refractivity contribution >= 4 is 62.4 Å². The van der Waals surface area contributed by atoms with Crippen LogP contribution in [-0.4, -0.2) is 53.6 Å². The first kappa shape index (κ1) is 24.6. The number of rotatable bonds is 7. The highest BCUT2D eigenvalue weighted by Crippen LogP contribution is 2.38. The van der Waals surface area contributed by atoms with Crippen molar-refractivity contribution in [2.45, 2.75) is 19.4 Å². The van der Waals surface area contributed by atoms with Gasteiger partial charge in [0, 0.05) is 22.6 Å². The molecule has 3 amide bonds. The molecule has 2 heterocycles. The normalized spacial score (nSPS) is 17.1. The highest BCUT2D eigenvalue weighted by molar-refractivity contribution is 9.10. The highest BCUT2D eigenvalue weighted by Gasteiger charge is 2.37. The molecule has 0 unspecified atom stereocenters. The maximum atomic E-state index is 12.9. The van der Waals surface area contributed by atoms with Crippen LogP contribution in [-0.2, 0) is 16.2 Å². The van der Waals surface area contributed by atoms with E-state index in [-0.39, 0.29) is 17.4 Å². The minimum Gasteiger partial charge on any atom is -0.493 e. The molecular formula is C24H22BrClN2O5S. The quantitative estimate of drug-likeness (QED) is 0.422. The van der Waals surface area contributed by atoms with Crippen LogP contribution in [0.4, 0.5) is 4.79 Å². The topological polar surface area (TPSA) is 76.2 Å². The summed E-state index contributed by atoms with van der Waals surface area (Å²) >= 11 is 10.3. The zero-order chi connectivity index (χ0) is 24.2. The third-order valence-corrected chi connectivity index (χ3v) is 7.35. The van der Waals surface area contributed by atoms with Crippen LogP contribution in [0.15, 0.2) is 45.8 Å².